The Kier molecular flexibility index (Phi) is 5.87. The first-order chi connectivity index (χ1) is 11.0. The van der Waals surface area contributed by atoms with Crippen LogP contribution in [-0.4, -0.2) is 52.8 Å². The summed E-state index contributed by atoms with van der Waals surface area (Å²) in [6.45, 7) is 1.64. The van der Waals surface area contributed by atoms with Crippen molar-refractivity contribution in [2.45, 2.75) is 13.3 Å². The second-order valence-corrected chi connectivity index (χ2v) is 7.02. The molecule has 2 N–H and O–H groups in total. The summed E-state index contributed by atoms with van der Waals surface area (Å²) in [6, 6.07) is 9.99. The van der Waals surface area contributed by atoms with Gasteiger partial charge in [0, 0.05) is 30.8 Å². The van der Waals surface area contributed by atoms with E-state index in [1.54, 1.807) is 19.4 Å². The zero-order valence-electron chi connectivity index (χ0n) is 13.4. The first-order valence-electron chi connectivity index (χ1n) is 7.43. The van der Waals surface area contributed by atoms with E-state index in [1.165, 1.54) is 16.2 Å². The van der Waals surface area contributed by atoms with Gasteiger partial charge in [0.05, 0.1) is 18.2 Å². The highest BCUT2D eigenvalue weighted by molar-refractivity contribution is 7.09. The smallest absolute Gasteiger partial charge is 0.273 e. The van der Waals surface area contributed by atoms with Crippen LogP contribution in [0, 0.1) is 5.41 Å². The molecule has 0 spiro atoms. The van der Waals surface area contributed by atoms with Crippen LogP contribution < -0.4 is 0 Å². The second kappa shape index (κ2) is 7.68. The summed E-state index contributed by atoms with van der Waals surface area (Å²) in [4.78, 5) is 18.3. The van der Waals surface area contributed by atoms with Crippen LogP contribution in [0.1, 0.15) is 28.0 Å². The topological polar surface area (TPSA) is 73.7 Å². The molecule has 0 bridgehead atoms. The van der Waals surface area contributed by atoms with Crippen LogP contribution in [0.25, 0.3) is 0 Å². The van der Waals surface area contributed by atoms with Crippen molar-refractivity contribution in [2.24, 2.45) is 5.41 Å². The maximum atomic E-state index is 12.4. The number of aliphatic hydroxyl groups excluding tert-OH is 2. The quantitative estimate of drug-likeness (QED) is 0.810. The average Bonchev–Trinajstić information content (AvgIpc) is 3.03. The first kappa shape index (κ1) is 17.6. The number of rotatable bonds is 7. The summed E-state index contributed by atoms with van der Waals surface area (Å²) in [5, 5.41) is 21.3. The number of nitrogens with zero attached hydrogens (tertiary/aromatic N) is 2. The number of carbonyl (C=O) groups excluding carboxylic acids is 1. The molecule has 0 radical (unpaired) electrons. The maximum absolute atomic E-state index is 12.4. The second-order valence-electron chi connectivity index (χ2n) is 6.08. The van der Waals surface area contributed by atoms with E-state index in [-0.39, 0.29) is 25.7 Å². The fourth-order valence-corrected chi connectivity index (χ4v) is 3.05. The molecule has 1 heterocycles. The van der Waals surface area contributed by atoms with Gasteiger partial charge in [0.1, 0.15) is 5.69 Å². The number of carbonyl (C=O) groups is 1. The van der Waals surface area contributed by atoms with E-state index in [0.29, 0.717) is 12.1 Å². The van der Waals surface area contributed by atoms with E-state index in [2.05, 4.69) is 4.98 Å². The summed E-state index contributed by atoms with van der Waals surface area (Å²) in [5.74, 6) is -0.200. The van der Waals surface area contributed by atoms with Gasteiger partial charge in [0.25, 0.3) is 5.91 Å². The molecule has 23 heavy (non-hydrogen) atoms. The highest BCUT2D eigenvalue weighted by atomic mass is 32.1. The van der Waals surface area contributed by atoms with Gasteiger partial charge in [0.15, 0.2) is 0 Å². The van der Waals surface area contributed by atoms with E-state index in [1.807, 2.05) is 30.3 Å². The summed E-state index contributed by atoms with van der Waals surface area (Å²) in [7, 11) is 1.65. The zero-order valence-corrected chi connectivity index (χ0v) is 14.2. The Morgan fingerprint density at radius 1 is 1.26 bits per heavy atom. The Balaban J connectivity index is 2.03. The molecule has 0 aliphatic carbocycles. The molecule has 5 nitrogen and oxygen atoms in total. The van der Waals surface area contributed by atoms with Gasteiger partial charge in [-0.05, 0) is 5.56 Å². The lowest BCUT2D eigenvalue weighted by Gasteiger charge is -2.29. The first-order valence-corrected chi connectivity index (χ1v) is 8.31. The number of aliphatic hydroxyl groups is 2. The third-order valence-corrected chi connectivity index (χ3v) is 4.55. The van der Waals surface area contributed by atoms with Crippen LogP contribution in [-0.2, 0) is 6.42 Å². The number of aromatic nitrogens is 1. The fraction of sp³-hybridized carbons (Fsp3) is 0.412. The number of hydrogen-bond acceptors (Lipinski definition) is 5. The number of amides is 1. The van der Waals surface area contributed by atoms with Crippen LogP contribution in [0.15, 0.2) is 35.7 Å². The van der Waals surface area contributed by atoms with E-state index in [0.717, 1.165) is 10.6 Å². The van der Waals surface area contributed by atoms with Crippen molar-refractivity contribution in [1.29, 1.82) is 0 Å². The van der Waals surface area contributed by atoms with Crippen molar-refractivity contribution >= 4 is 17.2 Å². The minimum Gasteiger partial charge on any atom is -0.396 e. The van der Waals surface area contributed by atoms with Gasteiger partial charge in [-0.25, -0.2) is 4.98 Å². The Morgan fingerprint density at radius 2 is 1.91 bits per heavy atom. The Bertz CT molecular complexity index is 638. The van der Waals surface area contributed by atoms with E-state index in [4.69, 9.17) is 0 Å². The van der Waals surface area contributed by atoms with Crippen LogP contribution in [0.2, 0.25) is 0 Å². The van der Waals surface area contributed by atoms with Gasteiger partial charge >= 0.3 is 0 Å². The lowest BCUT2D eigenvalue weighted by molar-refractivity contribution is 0.0364. The third kappa shape index (κ3) is 4.60. The largest absolute Gasteiger partial charge is 0.396 e. The molecule has 0 unspecified atom stereocenters. The van der Waals surface area contributed by atoms with E-state index in [9.17, 15) is 15.0 Å². The number of thiazole rings is 1. The normalized spacial score (nSPS) is 11.5. The van der Waals surface area contributed by atoms with Gasteiger partial charge in [-0.3, -0.25) is 4.79 Å². The number of benzene rings is 1. The molecule has 124 valence electrons. The Labute approximate surface area is 140 Å². The van der Waals surface area contributed by atoms with Crippen LogP contribution in [0.4, 0.5) is 0 Å². The standard InChI is InChI=1S/C17H22N2O3S/c1-17(11-20,12-21)10-19(2)16(22)14-9-23-15(18-14)8-13-6-4-3-5-7-13/h3-7,9,20-21H,8,10-12H2,1-2H3. The Morgan fingerprint density at radius 3 is 2.52 bits per heavy atom. The van der Waals surface area contributed by atoms with Gasteiger partial charge in [-0.15, -0.1) is 11.3 Å². The van der Waals surface area contributed by atoms with Crippen LogP contribution in [0.3, 0.4) is 0 Å². The lowest BCUT2D eigenvalue weighted by atomic mass is 9.92. The fourth-order valence-electron chi connectivity index (χ4n) is 2.25. The van der Waals surface area contributed by atoms with Crippen molar-refractivity contribution < 1.29 is 15.0 Å². The lowest BCUT2D eigenvalue weighted by Crippen LogP contribution is -2.41. The summed E-state index contributed by atoms with van der Waals surface area (Å²) >= 11 is 1.46. The van der Waals surface area contributed by atoms with Gasteiger partial charge in [-0.1, -0.05) is 37.3 Å². The van der Waals surface area contributed by atoms with Gasteiger partial charge in [0.2, 0.25) is 0 Å². The van der Waals surface area contributed by atoms with E-state index >= 15 is 0 Å². The zero-order chi connectivity index (χ0) is 16.9. The molecule has 0 aliphatic rings. The molecular weight excluding hydrogens is 312 g/mol. The molecule has 1 aromatic heterocycles. The van der Waals surface area contributed by atoms with Crippen molar-refractivity contribution in [3.05, 3.63) is 52.0 Å². The average molecular weight is 334 g/mol. The van der Waals surface area contributed by atoms with Crippen molar-refractivity contribution in [3.63, 3.8) is 0 Å². The highest BCUT2D eigenvalue weighted by Crippen LogP contribution is 2.19. The van der Waals surface area contributed by atoms with Crippen LogP contribution in [0.5, 0.6) is 0 Å². The predicted octanol–water partition coefficient (Wildman–Crippen LogP) is 1.80. The molecule has 1 amide bonds. The molecular formula is C17H22N2O3S. The molecule has 0 saturated heterocycles. The molecule has 6 heteroatoms. The highest BCUT2D eigenvalue weighted by Gasteiger charge is 2.27. The SMILES string of the molecule is CN(CC(C)(CO)CO)C(=O)c1csc(Cc2ccccc2)n1. The summed E-state index contributed by atoms with van der Waals surface area (Å²) in [6.07, 6.45) is 0.702. The molecule has 1 aromatic carbocycles. The molecule has 0 saturated carbocycles. The van der Waals surface area contributed by atoms with Crippen molar-refractivity contribution in [1.82, 2.24) is 9.88 Å². The van der Waals surface area contributed by atoms with Gasteiger partial charge in [-0.2, -0.15) is 0 Å². The van der Waals surface area contributed by atoms with Crippen LogP contribution >= 0.6 is 11.3 Å². The molecule has 0 fully saturated rings. The third-order valence-electron chi connectivity index (χ3n) is 3.70. The predicted molar refractivity (Wildman–Crippen MR) is 90.6 cm³/mol. The minimum absolute atomic E-state index is 0.183. The summed E-state index contributed by atoms with van der Waals surface area (Å²) in [5.41, 5.74) is 0.844. The molecule has 2 rings (SSSR count). The Hall–Kier alpha value is -1.76. The molecule has 0 atom stereocenters. The maximum Gasteiger partial charge on any atom is 0.273 e. The number of hydrogen-bond donors (Lipinski definition) is 2. The summed E-state index contributed by atoms with van der Waals surface area (Å²) < 4.78 is 0. The van der Waals surface area contributed by atoms with Crippen molar-refractivity contribution in [2.75, 3.05) is 26.8 Å². The molecule has 0 aliphatic heterocycles. The van der Waals surface area contributed by atoms with Gasteiger partial charge < -0.3 is 15.1 Å². The monoisotopic (exact) mass is 334 g/mol. The van der Waals surface area contributed by atoms with Crippen molar-refractivity contribution in [3.8, 4) is 0 Å². The molecule has 2 aromatic rings. The van der Waals surface area contributed by atoms with E-state index < -0.39 is 5.41 Å². The minimum atomic E-state index is -0.715.